The van der Waals surface area contributed by atoms with Crippen molar-refractivity contribution >= 4 is 0 Å². The number of hydrogen-bond acceptors (Lipinski definition) is 0. The third-order valence-electron chi connectivity index (χ3n) is 2.68. The van der Waals surface area contributed by atoms with Gasteiger partial charge in [-0.15, -0.1) is 5.73 Å². The lowest BCUT2D eigenvalue weighted by atomic mass is 9.71. The average molecular weight is 162 g/mol. The smallest absolute Gasteiger partial charge is 0.00501 e. The molecule has 0 aliphatic heterocycles. The Morgan fingerprint density at radius 3 is 2.75 bits per heavy atom. The van der Waals surface area contributed by atoms with Gasteiger partial charge in [0.05, 0.1) is 0 Å². The summed E-state index contributed by atoms with van der Waals surface area (Å²) in [6, 6.07) is 0. The maximum atomic E-state index is 4.11. The number of hydrogen-bond donors (Lipinski definition) is 0. The molecule has 0 N–H and O–H groups in total. The topological polar surface area (TPSA) is 0 Å². The van der Waals surface area contributed by atoms with E-state index >= 15 is 0 Å². The van der Waals surface area contributed by atoms with Crippen LogP contribution < -0.4 is 0 Å². The van der Waals surface area contributed by atoms with Crippen LogP contribution in [-0.4, -0.2) is 0 Å². The van der Waals surface area contributed by atoms with Crippen molar-refractivity contribution in [2.75, 3.05) is 0 Å². The molecule has 1 aliphatic rings. The molecule has 0 spiro atoms. The minimum Gasteiger partial charge on any atom is -0.132 e. The molecule has 0 nitrogen and oxygen atoms in total. The van der Waals surface area contributed by atoms with E-state index in [1.807, 2.05) is 0 Å². The maximum Gasteiger partial charge on any atom is 0.00501 e. The molecule has 1 saturated carbocycles. The van der Waals surface area contributed by atoms with Crippen molar-refractivity contribution in [3.63, 3.8) is 0 Å². The maximum absolute atomic E-state index is 4.11. The number of allylic oxidation sites excluding steroid dienone is 2. The highest BCUT2D eigenvalue weighted by Gasteiger charge is 2.27. The first-order valence-electron chi connectivity index (χ1n) is 4.59. The molecule has 0 radical (unpaired) electrons. The fraction of sp³-hybridized carbons (Fsp3) is 0.583. The fourth-order valence-corrected chi connectivity index (χ4v) is 1.93. The van der Waals surface area contributed by atoms with Crippen molar-refractivity contribution in [2.24, 2.45) is 11.3 Å². The summed E-state index contributed by atoms with van der Waals surface area (Å²) in [4.78, 5) is 0. The summed E-state index contributed by atoms with van der Waals surface area (Å²) < 4.78 is 0. The summed E-state index contributed by atoms with van der Waals surface area (Å²) in [6.45, 7) is 12.3. The highest BCUT2D eigenvalue weighted by Crippen LogP contribution is 2.40. The van der Waals surface area contributed by atoms with Gasteiger partial charge in [0.2, 0.25) is 0 Å². The van der Waals surface area contributed by atoms with Gasteiger partial charge in [-0.2, -0.15) is 0 Å². The van der Waals surface area contributed by atoms with Crippen molar-refractivity contribution in [1.82, 2.24) is 0 Å². The van der Waals surface area contributed by atoms with Crippen LogP contribution in [0.2, 0.25) is 0 Å². The fourth-order valence-electron chi connectivity index (χ4n) is 1.93. The van der Waals surface area contributed by atoms with Gasteiger partial charge in [-0.3, -0.25) is 0 Å². The molecule has 1 aliphatic carbocycles. The molecule has 1 unspecified atom stereocenters. The van der Waals surface area contributed by atoms with Crippen molar-refractivity contribution in [3.8, 4) is 0 Å². The highest BCUT2D eigenvalue weighted by atomic mass is 14.3. The summed E-state index contributed by atoms with van der Waals surface area (Å²) in [6.07, 6.45) is 5.70. The van der Waals surface area contributed by atoms with Crippen LogP contribution in [0.25, 0.3) is 0 Å². The summed E-state index contributed by atoms with van der Waals surface area (Å²) in [5, 5.41) is 0. The lowest BCUT2D eigenvalue weighted by Crippen LogP contribution is -2.21. The van der Waals surface area contributed by atoms with Gasteiger partial charge in [0.15, 0.2) is 0 Å². The second-order valence-corrected chi connectivity index (χ2v) is 4.52. The van der Waals surface area contributed by atoms with Gasteiger partial charge in [-0.05, 0) is 30.8 Å². The first-order chi connectivity index (χ1) is 5.55. The molecule has 0 heterocycles. The Morgan fingerprint density at radius 2 is 2.25 bits per heavy atom. The zero-order valence-electron chi connectivity index (χ0n) is 8.19. The van der Waals surface area contributed by atoms with Crippen molar-refractivity contribution in [3.05, 3.63) is 30.5 Å². The van der Waals surface area contributed by atoms with Gasteiger partial charge in [0, 0.05) is 5.92 Å². The molecule has 0 heteroatoms. The molecule has 1 fully saturated rings. The van der Waals surface area contributed by atoms with Crippen LogP contribution in [0.3, 0.4) is 0 Å². The molecule has 0 amide bonds. The minimum absolute atomic E-state index is 0.461. The molecule has 0 bridgehead atoms. The van der Waals surface area contributed by atoms with Crippen LogP contribution in [0.1, 0.15) is 33.1 Å². The largest absolute Gasteiger partial charge is 0.132 e. The predicted molar refractivity (Wildman–Crippen MR) is 54.0 cm³/mol. The minimum atomic E-state index is 0.461. The monoisotopic (exact) mass is 162 g/mol. The second-order valence-electron chi connectivity index (χ2n) is 4.52. The average Bonchev–Trinajstić information content (AvgIpc) is 1.94. The quantitative estimate of drug-likeness (QED) is 0.407. The van der Waals surface area contributed by atoms with E-state index in [0.717, 1.165) is 6.42 Å². The Hall–Kier alpha value is -0.740. The molecule has 0 aromatic heterocycles. The first kappa shape index (κ1) is 9.35. The molecular formula is C12H18. The van der Waals surface area contributed by atoms with Gasteiger partial charge in [0.1, 0.15) is 0 Å². The summed E-state index contributed by atoms with van der Waals surface area (Å²) in [5.74, 6) is 0.538. The lowest BCUT2D eigenvalue weighted by Gasteiger charge is -2.34. The van der Waals surface area contributed by atoms with E-state index < -0.39 is 0 Å². The molecule has 66 valence electrons. The SMILES string of the molecule is C=C=CC1CCC(C)(C)CC1=C. The van der Waals surface area contributed by atoms with Crippen LogP contribution in [-0.2, 0) is 0 Å². The molecule has 12 heavy (non-hydrogen) atoms. The summed E-state index contributed by atoms with van der Waals surface area (Å²) in [7, 11) is 0. The lowest BCUT2D eigenvalue weighted by molar-refractivity contribution is 0.267. The third kappa shape index (κ3) is 2.12. The van der Waals surface area contributed by atoms with E-state index in [4.69, 9.17) is 0 Å². The van der Waals surface area contributed by atoms with Gasteiger partial charge in [-0.1, -0.05) is 32.6 Å². The molecular weight excluding hydrogens is 144 g/mol. The Morgan fingerprint density at radius 1 is 1.58 bits per heavy atom. The normalized spacial score (nSPS) is 27.8. The van der Waals surface area contributed by atoms with E-state index in [9.17, 15) is 0 Å². The van der Waals surface area contributed by atoms with Crippen molar-refractivity contribution in [1.29, 1.82) is 0 Å². The highest BCUT2D eigenvalue weighted by molar-refractivity contribution is 5.13. The van der Waals surface area contributed by atoms with E-state index in [1.54, 1.807) is 0 Å². The van der Waals surface area contributed by atoms with Gasteiger partial charge >= 0.3 is 0 Å². The van der Waals surface area contributed by atoms with E-state index in [-0.39, 0.29) is 0 Å². The van der Waals surface area contributed by atoms with Crippen LogP contribution in [0.15, 0.2) is 30.5 Å². The zero-order valence-corrected chi connectivity index (χ0v) is 8.19. The standard InChI is InChI=1S/C12H18/c1-5-6-11-7-8-12(3,4)9-10(11)2/h6,11H,1-2,7-9H2,3-4H3. The van der Waals surface area contributed by atoms with Gasteiger partial charge < -0.3 is 0 Å². The predicted octanol–water partition coefficient (Wildman–Crippen LogP) is 3.71. The van der Waals surface area contributed by atoms with Crippen molar-refractivity contribution in [2.45, 2.75) is 33.1 Å². The molecule has 1 atom stereocenters. The van der Waals surface area contributed by atoms with Crippen LogP contribution in [0.4, 0.5) is 0 Å². The molecule has 0 aromatic rings. The number of rotatable bonds is 1. The zero-order chi connectivity index (χ0) is 9.19. The summed E-state index contributed by atoms with van der Waals surface area (Å²) in [5.41, 5.74) is 4.67. The van der Waals surface area contributed by atoms with Crippen molar-refractivity contribution < 1.29 is 0 Å². The third-order valence-corrected chi connectivity index (χ3v) is 2.68. The first-order valence-corrected chi connectivity index (χ1v) is 4.59. The Bertz CT molecular complexity index is 226. The van der Waals surface area contributed by atoms with E-state index in [1.165, 1.54) is 18.4 Å². The Balaban J connectivity index is 2.66. The van der Waals surface area contributed by atoms with Crippen LogP contribution in [0.5, 0.6) is 0 Å². The molecule has 0 aromatic carbocycles. The van der Waals surface area contributed by atoms with Crippen LogP contribution >= 0.6 is 0 Å². The molecule has 0 saturated heterocycles. The Kier molecular flexibility index (Phi) is 2.59. The summed E-state index contributed by atoms with van der Waals surface area (Å²) >= 11 is 0. The second kappa shape index (κ2) is 3.33. The molecule has 1 rings (SSSR count). The van der Waals surface area contributed by atoms with Crippen LogP contribution in [0, 0.1) is 11.3 Å². The van der Waals surface area contributed by atoms with Gasteiger partial charge in [0.25, 0.3) is 0 Å². The van der Waals surface area contributed by atoms with Gasteiger partial charge in [-0.25, -0.2) is 0 Å². The Labute approximate surface area is 75.7 Å². The van der Waals surface area contributed by atoms with E-state index in [0.29, 0.717) is 11.3 Å². The van der Waals surface area contributed by atoms with E-state index in [2.05, 4.69) is 38.8 Å².